The number of aromatic amines is 2. The quantitative estimate of drug-likeness (QED) is 0.143. The first-order chi connectivity index (χ1) is 31.0. The van der Waals surface area contributed by atoms with Crippen LogP contribution in [0.15, 0.2) is 73.3 Å². The van der Waals surface area contributed by atoms with E-state index in [9.17, 15) is 9.90 Å². The second kappa shape index (κ2) is 17.7. The molecule has 8 aromatic rings. The van der Waals surface area contributed by atoms with Crippen LogP contribution in [0.25, 0.3) is 67.4 Å². The van der Waals surface area contributed by atoms with E-state index in [4.69, 9.17) is 34.1 Å². The summed E-state index contributed by atoms with van der Waals surface area (Å²) in [7, 11) is 5.21. The molecule has 17 heteroatoms. The Morgan fingerprint density at radius 2 is 1.23 bits per heavy atom. The zero-order chi connectivity index (χ0) is 44.6. The molecule has 0 saturated carbocycles. The van der Waals surface area contributed by atoms with Gasteiger partial charge in [-0.05, 0) is 80.8 Å². The number of H-pyrrole nitrogens is 2. The average molecular weight is 865 g/mol. The molecule has 2 aliphatic heterocycles. The maximum atomic E-state index is 12.4. The number of anilines is 2. The Hall–Kier alpha value is -6.95. The third-order valence-electron chi connectivity index (χ3n) is 12.0. The molecule has 2 aromatic carbocycles. The fourth-order valence-corrected chi connectivity index (χ4v) is 8.70. The summed E-state index contributed by atoms with van der Waals surface area (Å²) in [6.07, 6.45) is 7.42. The lowest BCUT2D eigenvalue weighted by Crippen LogP contribution is -2.44. The highest BCUT2D eigenvalue weighted by atomic mass is 16.5. The fourth-order valence-electron chi connectivity index (χ4n) is 8.70. The van der Waals surface area contributed by atoms with Gasteiger partial charge >= 0.3 is 5.97 Å². The Morgan fingerprint density at radius 1 is 0.734 bits per heavy atom. The summed E-state index contributed by atoms with van der Waals surface area (Å²) < 4.78 is 19.9. The van der Waals surface area contributed by atoms with Crippen LogP contribution in [0.3, 0.4) is 0 Å². The molecule has 6 aromatic heterocycles. The van der Waals surface area contributed by atoms with Gasteiger partial charge < -0.3 is 39.1 Å². The molecule has 0 bridgehead atoms. The van der Waals surface area contributed by atoms with E-state index in [-0.39, 0.29) is 18.7 Å². The van der Waals surface area contributed by atoms with E-state index in [1.54, 1.807) is 12.1 Å². The van der Waals surface area contributed by atoms with Gasteiger partial charge in [0.05, 0.1) is 93.0 Å². The Morgan fingerprint density at radius 3 is 1.69 bits per heavy atom. The molecule has 0 radical (unpaired) electrons. The number of ether oxygens (including phenoxy) is 3. The summed E-state index contributed by atoms with van der Waals surface area (Å²) in [4.78, 5) is 43.2. The predicted octanol–water partition coefficient (Wildman–Crippen LogP) is 6.40. The van der Waals surface area contributed by atoms with Crippen LogP contribution in [-0.4, -0.2) is 119 Å². The van der Waals surface area contributed by atoms with Crippen LogP contribution < -0.4 is 9.80 Å². The summed E-state index contributed by atoms with van der Waals surface area (Å²) in [5.41, 5.74) is 10.3. The van der Waals surface area contributed by atoms with Crippen molar-refractivity contribution in [1.29, 1.82) is 0 Å². The molecule has 0 spiro atoms. The van der Waals surface area contributed by atoms with Gasteiger partial charge in [-0.2, -0.15) is 10.2 Å². The monoisotopic (exact) mass is 864 g/mol. The third-order valence-corrected chi connectivity index (χ3v) is 12.0. The van der Waals surface area contributed by atoms with Crippen LogP contribution in [0.1, 0.15) is 40.9 Å². The second-order valence-electron chi connectivity index (χ2n) is 16.4. The molecule has 64 heavy (non-hydrogen) atoms. The SMILES string of the molecule is COC(=O)c1cc(-c2nc(-c3c(C)cnn3C)cc(N3CCOC[C@H]3C)n2)c2cc[nH]c2c1.Cc1cnn(C)c1-c1cc(N2CCOC[C@H]2C)nc(-c2cc(CO)cc3[nH]ccc23)n1. The molecule has 17 nitrogen and oxygen atoms in total. The molecule has 8 heterocycles. The van der Waals surface area contributed by atoms with E-state index >= 15 is 0 Å². The minimum Gasteiger partial charge on any atom is -0.465 e. The number of benzene rings is 2. The Labute approximate surface area is 370 Å². The van der Waals surface area contributed by atoms with Gasteiger partial charge in [0.25, 0.3) is 0 Å². The lowest BCUT2D eigenvalue weighted by Gasteiger charge is -2.34. The predicted molar refractivity (Wildman–Crippen MR) is 245 cm³/mol. The minimum atomic E-state index is -0.409. The van der Waals surface area contributed by atoms with Crippen molar-refractivity contribution in [2.75, 3.05) is 56.4 Å². The number of carbonyl (C=O) groups excluding carboxylic acids is 1. The summed E-state index contributed by atoms with van der Waals surface area (Å²) in [5, 5.41) is 20.6. The number of aliphatic hydroxyl groups excluding tert-OH is 1. The summed E-state index contributed by atoms with van der Waals surface area (Å²) in [5.74, 6) is 2.45. The molecule has 0 unspecified atom stereocenters. The molecule has 3 N–H and O–H groups in total. The molecule has 2 atom stereocenters. The fraction of sp³-hybridized carbons (Fsp3) is 0.340. The number of aromatic nitrogens is 10. The number of aryl methyl sites for hydroxylation is 4. The third kappa shape index (κ3) is 8.08. The van der Waals surface area contributed by atoms with Crippen molar-refractivity contribution in [1.82, 2.24) is 49.5 Å². The van der Waals surface area contributed by atoms with Gasteiger partial charge in [0.1, 0.15) is 11.6 Å². The number of carbonyl (C=O) groups is 1. The number of morpholine rings is 2. The van der Waals surface area contributed by atoms with E-state index in [1.807, 2.05) is 98.5 Å². The molecule has 2 fully saturated rings. The minimum absolute atomic E-state index is 0.0458. The van der Waals surface area contributed by atoms with Gasteiger partial charge in [-0.15, -0.1) is 0 Å². The number of hydrogen-bond acceptors (Lipinski definition) is 13. The summed E-state index contributed by atoms with van der Waals surface area (Å²) in [6, 6.07) is 15.9. The largest absolute Gasteiger partial charge is 0.465 e. The Kier molecular flexibility index (Phi) is 11.7. The van der Waals surface area contributed by atoms with Crippen LogP contribution in [-0.2, 0) is 34.9 Å². The first-order valence-corrected chi connectivity index (χ1v) is 21.4. The number of fused-ring (bicyclic) bond motifs is 2. The van der Waals surface area contributed by atoms with E-state index in [0.29, 0.717) is 43.6 Å². The van der Waals surface area contributed by atoms with Crippen LogP contribution in [0.2, 0.25) is 0 Å². The van der Waals surface area contributed by atoms with Gasteiger partial charge in [-0.25, -0.2) is 24.7 Å². The highest BCUT2D eigenvalue weighted by Crippen LogP contribution is 2.35. The molecule has 330 valence electrons. The zero-order valence-corrected chi connectivity index (χ0v) is 37.1. The Balaban J connectivity index is 0.000000162. The summed E-state index contributed by atoms with van der Waals surface area (Å²) >= 11 is 0. The van der Waals surface area contributed by atoms with Gasteiger partial charge in [0, 0.05) is 84.6 Å². The maximum Gasteiger partial charge on any atom is 0.337 e. The van der Waals surface area contributed by atoms with E-state index < -0.39 is 5.97 Å². The van der Waals surface area contributed by atoms with Crippen LogP contribution in [0, 0.1) is 13.8 Å². The van der Waals surface area contributed by atoms with Crippen LogP contribution in [0.4, 0.5) is 11.6 Å². The number of nitrogens with zero attached hydrogens (tertiary/aromatic N) is 10. The van der Waals surface area contributed by atoms with Crippen LogP contribution >= 0.6 is 0 Å². The topological polar surface area (TPSA) is 190 Å². The van der Waals surface area contributed by atoms with Gasteiger partial charge in [0.15, 0.2) is 11.6 Å². The lowest BCUT2D eigenvalue weighted by atomic mass is 10.0. The molecular weight excluding hydrogens is 813 g/mol. The van der Waals surface area contributed by atoms with Gasteiger partial charge in [0.2, 0.25) is 0 Å². The van der Waals surface area contributed by atoms with E-state index in [2.05, 4.69) is 43.8 Å². The van der Waals surface area contributed by atoms with Crippen molar-refractivity contribution < 1.29 is 24.1 Å². The van der Waals surface area contributed by atoms with E-state index in [0.717, 1.165) is 97.1 Å². The molecular formula is C47H52N12O5. The van der Waals surface area contributed by atoms with Crippen molar-refractivity contribution in [3.8, 4) is 45.6 Å². The number of rotatable bonds is 8. The highest BCUT2D eigenvalue weighted by molar-refractivity contribution is 6.01. The standard InChI is InChI=1S/C24H26N6O3.C23H26N6O2/c1-14-12-26-29(3)22(14)20-11-21(30-7-8-33-13-15(30)2)28-23(27-20)18-9-16(24(31)32-4)10-19-17(18)5-6-25-19;1-14-11-25-28(3)22(14)20-10-21(29-6-7-31-13-15(29)2)27-23(26-20)18-8-16(12-30)9-19-17(18)4-5-24-19/h5-6,9-12,15,25H,7-8,13H2,1-4H3;4-5,8-11,15,24,30H,6-7,12-13H2,1-3H3/t2*15-/m11/s1. The number of aliphatic hydroxyl groups is 1. The first-order valence-electron chi connectivity index (χ1n) is 21.4. The number of nitrogens with one attached hydrogen (secondary N) is 2. The van der Waals surface area contributed by atoms with Crippen molar-refractivity contribution in [2.24, 2.45) is 14.1 Å². The highest BCUT2D eigenvalue weighted by Gasteiger charge is 2.26. The normalized spacial score (nSPS) is 16.6. The molecule has 0 aliphatic carbocycles. The Bertz CT molecular complexity index is 2950. The van der Waals surface area contributed by atoms with Crippen molar-refractivity contribution >= 4 is 39.4 Å². The molecule has 2 aliphatic rings. The number of hydrogen-bond donors (Lipinski definition) is 3. The average Bonchev–Trinajstić information content (AvgIpc) is 4.13. The number of esters is 1. The van der Waals surface area contributed by atoms with Crippen LogP contribution in [0.5, 0.6) is 0 Å². The second-order valence-corrected chi connectivity index (χ2v) is 16.4. The van der Waals surface area contributed by atoms with Crippen molar-refractivity contribution in [3.05, 3.63) is 95.6 Å². The van der Waals surface area contributed by atoms with Crippen molar-refractivity contribution in [3.63, 3.8) is 0 Å². The smallest absolute Gasteiger partial charge is 0.337 e. The van der Waals surface area contributed by atoms with E-state index in [1.165, 1.54) is 7.11 Å². The van der Waals surface area contributed by atoms with Crippen molar-refractivity contribution in [2.45, 2.75) is 46.4 Å². The molecule has 2 saturated heterocycles. The summed E-state index contributed by atoms with van der Waals surface area (Å²) in [6.45, 7) is 12.4. The first kappa shape index (κ1) is 42.4. The molecule has 0 amide bonds. The number of methoxy groups -OCH3 is 1. The van der Waals surface area contributed by atoms with Gasteiger partial charge in [-0.3, -0.25) is 9.36 Å². The zero-order valence-electron chi connectivity index (χ0n) is 37.1. The lowest BCUT2D eigenvalue weighted by molar-refractivity contribution is 0.0601. The van der Waals surface area contributed by atoms with Gasteiger partial charge in [-0.1, -0.05) is 0 Å². The maximum absolute atomic E-state index is 12.4. The molecule has 10 rings (SSSR count).